The lowest BCUT2D eigenvalue weighted by molar-refractivity contribution is -0.121. The average molecular weight is 387 g/mol. The SMILES string of the molecule is CS(=O)(=O)N(CCC(=O)NCc1ccncc1)c1ccc(F)c(F)c1F. The molecule has 1 N–H and O–H groups in total. The van der Waals surface area contributed by atoms with E-state index in [1.54, 1.807) is 24.5 Å². The third-order valence-corrected chi connectivity index (χ3v) is 4.64. The highest BCUT2D eigenvalue weighted by molar-refractivity contribution is 7.92. The van der Waals surface area contributed by atoms with Crippen molar-refractivity contribution in [2.24, 2.45) is 0 Å². The van der Waals surface area contributed by atoms with E-state index < -0.39 is 45.6 Å². The van der Waals surface area contributed by atoms with E-state index in [4.69, 9.17) is 0 Å². The summed E-state index contributed by atoms with van der Waals surface area (Å²) >= 11 is 0. The number of nitrogens with one attached hydrogen (secondary N) is 1. The van der Waals surface area contributed by atoms with Gasteiger partial charge < -0.3 is 5.32 Å². The zero-order valence-corrected chi connectivity index (χ0v) is 14.6. The van der Waals surface area contributed by atoms with Gasteiger partial charge in [0.15, 0.2) is 17.5 Å². The van der Waals surface area contributed by atoms with Crippen LogP contribution in [0, 0.1) is 17.5 Å². The van der Waals surface area contributed by atoms with Gasteiger partial charge in [0.25, 0.3) is 0 Å². The minimum absolute atomic E-state index is 0.208. The minimum Gasteiger partial charge on any atom is -0.352 e. The Kier molecular flexibility index (Phi) is 6.19. The zero-order chi connectivity index (χ0) is 19.3. The quantitative estimate of drug-likeness (QED) is 0.737. The van der Waals surface area contributed by atoms with Crippen LogP contribution in [-0.4, -0.2) is 32.1 Å². The lowest BCUT2D eigenvalue weighted by atomic mass is 10.2. The van der Waals surface area contributed by atoms with E-state index in [0.717, 1.165) is 17.9 Å². The number of carbonyl (C=O) groups is 1. The molecule has 2 aromatic rings. The minimum atomic E-state index is -4.02. The lowest BCUT2D eigenvalue weighted by Crippen LogP contribution is -2.35. The van der Waals surface area contributed by atoms with Crippen LogP contribution >= 0.6 is 0 Å². The first-order chi connectivity index (χ1) is 12.2. The van der Waals surface area contributed by atoms with Crippen molar-refractivity contribution in [2.45, 2.75) is 13.0 Å². The van der Waals surface area contributed by atoms with Crippen LogP contribution < -0.4 is 9.62 Å². The molecule has 0 aliphatic rings. The number of halogens is 3. The fourth-order valence-corrected chi connectivity index (χ4v) is 3.09. The molecular weight excluding hydrogens is 371 g/mol. The van der Waals surface area contributed by atoms with Crippen LogP contribution in [0.15, 0.2) is 36.7 Å². The van der Waals surface area contributed by atoms with E-state index in [2.05, 4.69) is 10.3 Å². The van der Waals surface area contributed by atoms with Gasteiger partial charge in [-0.1, -0.05) is 0 Å². The fraction of sp³-hybridized carbons (Fsp3) is 0.250. The normalized spacial score (nSPS) is 11.2. The second-order valence-electron chi connectivity index (χ2n) is 5.41. The van der Waals surface area contributed by atoms with E-state index in [1.165, 1.54) is 0 Å². The molecule has 10 heteroatoms. The van der Waals surface area contributed by atoms with Crippen LogP contribution in [0.3, 0.4) is 0 Å². The third-order valence-electron chi connectivity index (χ3n) is 3.46. The third kappa shape index (κ3) is 4.94. The highest BCUT2D eigenvalue weighted by Crippen LogP contribution is 2.25. The number of carbonyl (C=O) groups excluding carboxylic acids is 1. The maximum Gasteiger partial charge on any atom is 0.232 e. The number of amides is 1. The Morgan fingerprint density at radius 1 is 1.12 bits per heavy atom. The van der Waals surface area contributed by atoms with Gasteiger partial charge in [0.05, 0.1) is 11.9 Å². The van der Waals surface area contributed by atoms with Gasteiger partial charge in [0, 0.05) is 31.9 Å². The van der Waals surface area contributed by atoms with Gasteiger partial charge >= 0.3 is 0 Å². The summed E-state index contributed by atoms with van der Waals surface area (Å²) in [5.41, 5.74) is 0.133. The number of nitrogens with zero attached hydrogens (tertiary/aromatic N) is 2. The number of benzene rings is 1. The van der Waals surface area contributed by atoms with Crippen molar-refractivity contribution in [2.75, 3.05) is 17.1 Å². The second kappa shape index (κ2) is 8.17. The molecular formula is C16H16F3N3O3S. The summed E-state index contributed by atoms with van der Waals surface area (Å²) in [6, 6.07) is 4.82. The van der Waals surface area contributed by atoms with Crippen molar-refractivity contribution in [1.82, 2.24) is 10.3 Å². The highest BCUT2D eigenvalue weighted by atomic mass is 32.2. The molecule has 1 heterocycles. The average Bonchev–Trinajstić information content (AvgIpc) is 2.59. The molecule has 1 amide bonds. The van der Waals surface area contributed by atoms with Gasteiger partial charge in [-0.05, 0) is 29.8 Å². The van der Waals surface area contributed by atoms with E-state index in [-0.39, 0.29) is 13.0 Å². The standard InChI is InChI=1S/C16H16F3N3O3S/c1-26(24,25)22(13-3-2-12(17)15(18)16(13)19)9-6-14(23)21-10-11-4-7-20-8-5-11/h2-5,7-8H,6,9-10H2,1H3,(H,21,23). The van der Waals surface area contributed by atoms with E-state index in [9.17, 15) is 26.4 Å². The second-order valence-corrected chi connectivity index (χ2v) is 7.32. The van der Waals surface area contributed by atoms with E-state index in [0.29, 0.717) is 10.4 Å². The Bertz CT molecular complexity index is 892. The zero-order valence-electron chi connectivity index (χ0n) is 13.7. The summed E-state index contributed by atoms with van der Waals surface area (Å²) in [7, 11) is -4.02. The molecule has 1 aromatic carbocycles. The first kappa shape index (κ1) is 19.7. The molecule has 0 saturated carbocycles. The Labute approximate surface area is 148 Å². The Morgan fingerprint density at radius 2 is 1.77 bits per heavy atom. The van der Waals surface area contributed by atoms with E-state index in [1.807, 2.05) is 0 Å². The van der Waals surface area contributed by atoms with Crippen LogP contribution in [0.1, 0.15) is 12.0 Å². The van der Waals surface area contributed by atoms with Crippen LogP contribution in [0.2, 0.25) is 0 Å². The summed E-state index contributed by atoms with van der Waals surface area (Å²) in [5.74, 6) is -5.33. The molecule has 2 rings (SSSR count). The maximum atomic E-state index is 13.9. The van der Waals surface area contributed by atoms with Gasteiger partial charge in [-0.3, -0.25) is 14.1 Å². The van der Waals surface area contributed by atoms with Crippen LogP contribution in [0.5, 0.6) is 0 Å². The summed E-state index contributed by atoms with van der Waals surface area (Å²) < 4.78 is 64.6. The smallest absolute Gasteiger partial charge is 0.232 e. The van der Waals surface area contributed by atoms with Crippen LogP contribution in [0.4, 0.5) is 18.9 Å². The predicted octanol–water partition coefficient (Wildman–Crippen LogP) is 1.97. The van der Waals surface area contributed by atoms with Crippen molar-refractivity contribution >= 4 is 21.6 Å². The van der Waals surface area contributed by atoms with Crippen LogP contribution in [0.25, 0.3) is 0 Å². The monoisotopic (exact) mass is 387 g/mol. The van der Waals surface area contributed by atoms with E-state index >= 15 is 0 Å². The lowest BCUT2D eigenvalue weighted by Gasteiger charge is -2.22. The van der Waals surface area contributed by atoms with Crippen molar-refractivity contribution < 1.29 is 26.4 Å². The summed E-state index contributed by atoms with van der Waals surface area (Å²) in [6.07, 6.45) is 3.59. The first-order valence-electron chi connectivity index (χ1n) is 7.47. The molecule has 0 bridgehead atoms. The van der Waals surface area contributed by atoms with Crippen molar-refractivity contribution in [3.05, 3.63) is 59.7 Å². The van der Waals surface area contributed by atoms with Gasteiger partial charge in [0.1, 0.15) is 0 Å². The molecule has 0 fully saturated rings. The summed E-state index contributed by atoms with van der Waals surface area (Å²) in [6.45, 7) is -0.219. The summed E-state index contributed by atoms with van der Waals surface area (Å²) in [4.78, 5) is 15.7. The molecule has 1 aromatic heterocycles. The number of pyridine rings is 1. The molecule has 0 spiro atoms. The predicted molar refractivity (Wildman–Crippen MR) is 89.2 cm³/mol. The Balaban J connectivity index is 2.08. The van der Waals surface area contributed by atoms with Gasteiger partial charge in [-0.15, -0.1) is 0 Å². The van der Waals surface area contributed by atoms with Crippen LogP contribution in [-0.2, 0) is 21.4 Å². The Morgan fingerprint density at radius 3 is 2.38 bits per heavy atom. The molecule has 0 aliphatic heterocycles. The maximum absolute atomic E-state index is 13.9. The molecule has 26 heavy (non-hydrogen) atoms. The highest BCUT2D eigenvalue weighted by Gasteiger charge is 2.25. The fourth-order valence-electron chi connectivity index (χ4n) is 2.17. The number of anilines is 1. The Hall–Kier alpha value is -2.62. The summed E-state index contributed by atoms with van der Waals surface area (Å²) in [5, 5.41) is 2.58. The largest absolute Gasteiger partial charge is 0.352 e. The number of aromatic nitrogens is 1. The molecule has 0 atom stereocenters. The van der Waals surface area contributed by atoms with Crippen molar-refractivity contribution in [1.29, 1.82) is 0 Å². The van der Waals surface area contributed by atoms with Gasteiger partial charge in [0.2, 0.25) is 15.9 Å². The number of rotatable bonds is 7. The number of hydrogen-bond donors (Lipinski definition) is 1. The molecule has 140 valence electrons. The number of hydrogen-bond acceptors (Lipinski definition) is 4. The molecule has 6 nitrogen and oxygen atoms in total. The molecule has 0 unspecified atom stereocenters. The van der Waals surface area contributed by atoms with Gasteiger partial charge in [-0.25, -0.2) is 21.6 Å². The number of sulfonamides is 1. The molecule has 0 saturated heterocycles. The van der Waals surface area contributed by atoms with Crippen molar-refractivity contribution in [3.63, 3.8) is 0 Å². The van der Waals surface area contributed by atoms with Gasteiger partial charge in [-0.2, -0.15) is 0 Å². The molecule has 0 aliphatic carbocycles. The van der Waals surface area contributed by atoms with Crippen molar-refractivity contribution in [3.8, 4) is 0 Å². The topological polar surface area (TPSA) is 79.4 Å². The molecule has 0 radical (unpaired) electrons. The first-order valence-corrected chi connectivity index (χ1v) is 9.32.